The zero-order valence-electron chi connectivity index (χ0n) is 11.2. The number of rotatable bonds is 3. The molecule has 0 saturated carbocycles. The van der Waals surface area contributed by atoms with E-state index < -0.39 is 0 Å². The molecule has 1 saturated heterocycles. The Bertz CT molecular complexity index is 597. The van der Waals surface area contributed by atoms with E-state index in [-0.39, 0.29) is 11.8 Å². The summed E-state index contributed by atoms with van der Waals surface area (Å²) in [6.45, 7) is 1.30. The van der Waals surface area contributed by atoms with E-state index in [1.54, 1.807) is 24.1 Å². The summed E-state index contributed by atoms with van der Waals surface area (Å²) in [6, 6.07) is 7.26. The number of carbonyl (C=O) groups is 1. The number of nitrogens with zero attached hydrogens (tertiary/aromatic N) is 3. The standard InChI is InChI=1S/C14H15N3O3/c1-19-12-5-3-2-4-11(12)14(18)17-7-6-10(8-17)13-15-9-20-16-13/h2-5,9-10H,6-8H2,1H3/t10-/m1/s1. The van der Waals surface area contributed by atoms with Gasteiger partial charge in [0.1, 0.15) is 5.75 Å². The predicted octanol–water partition coefficient (Wildman–Crippen LogP) is 1.71. The lowest BCUT2D eigenvalue weighted by molar-refractivity contribution is 0.0787. The maximum Gasteiger partial charge on any atom is 0.257 e. The zero-order chi connectivity index (χ0) is 13.9. The molecule has 2 heterocycles. The average molecular weight is 273 g/mol. The van der Waals surface area contributed by atoms with Crippen LogP contribution in [0.15, 0.2) is 35.2 Å². The predicted molar refractivity (Wildman–Crippen MR) is 70.6 cm³/mol. The van der Waals surface area contributed by atoms with Crippen molar-refractivity contribution in [2.45, 2.75) is 12.3 Å². The van der Waals surface area contributed by atoms with Crippen molar-refractivity contribution < 1.29 is 14.1 Å². The first kappa shape index (κ1) is 12.7. The molecule has 1 aliphatic rings. The number of methoxy groups -OCH3 is 1. The van der Waals surface area contributed by atoms with Crippen molar-refractivity contribution in [1.82, 2.24) is 15.0 Å². The monoisotopic (exact) mass is 273 g/mol. The number of aromatic nitrogens is 2. The van der Waals surface area contributed by atoms with Gasteiger partial charge in [-0.2, -0.15) is 4.98 Å². The van der Waals surface area contributed by atoms with E-state index in [9.17, 15) is 4.79 Å². The molecule has 0 N–H and O–H groups in total. The molecule has 1 aromatic carbocycles. The van der Waals surface area contributed by atoms with Gasteiger partial charge in [-0.15, -0.1) is 0 Å². The first-order chi connectivity index (χ1) is 9.79. The number of hydrogen-bond acceptors (Lipinski definition) is 5. The molecule has 0 aliphatic carbocycles. The Morgan fingerprint density at radius 3 is 3.05 bits per heavy atom. The highest BCUT2D eigenvalue weighted by Crippen LogP contribution is 2.27. The van der Waals surface area contributed by atoms with Crippen LogP contribution < -0.4 is 4.74 Å². The van der Waals surface area contributed by atoms with Crippen LogP contribution in [0, 0.1) is 0 Å². The van der Waals surface area contributed by atoms with Gasteiger partial charge in [0.05, 0.1) is 12.7 Å². The van der Waals surface area contributed by atoms with Gasteiger partial charge in [-0.05, 0) is 18.6 Å². The lowest BCUT2D eigenvalue weighted by Crippen LogP contribution is -2.28. The molecule has 20 heavy (non-hydrogen) atoms. The number of para-hydroxylation sites is 1. The zero-order valence-corrected chi connectivity index (χ0v) is 11.2. The molecular formula is C14H15N3O3. The summed E-state index contributed by atoms with van der Waals surface area (Å²) >= 11 is 0. The molecule has 0 radical (unpaired) electrons. The van der Waals surface area contributed by atoms with Crippen LogP contribution in [0.4, 0.5) is 0 Å². The third kappa shape index (κ3) is 2.24. The number of likely N-dealkylation sites (tertiary alicyclic amines) is 1. The minimum Gasteiger partial charge on any atom is -0.496 e. The van der Waals surface area contributed by atoms with E-state index in [4.69, 9.17) is 9.26 Å². The molecule has 6 nitrogen and oxygen atoms in total. The Balaban J connectivity index is 1.76. The van der Waals surface area contributed by atoms with Gasteiger partial charge >= 0.3 is 0 Å². The topological polar surface area (TPSA) is 68.5 Å². The molecular weight excluding hydrogens is 258 g/mol. The number of hydrogen-bond donors (Lipinski definition) is 0. The second-order valence-corrected chi connectivity index (χ2v) is 4.73. The summed E-state index contributed by atoms with van der Waals surface area (Å²) in [5, 5.41) is 3.85. The molecule has 2 aromatic rings. The molecule has 1 fully saturated rings. The van der Waals surface area contributed by atoms with E-state index >= 15 is 0 Å². The van der Waals surface area contributed by atoms with Gasteiger partial charge in [0.25, 0.3) is 5.91 Å². The molecule has 1 amide bonds. The minimum atomic E-state index is -0.0200. The molecule has 1 aromatic heterocycles. The second kappa shape index (κ2) is 5.32. The van der Waals surface area contributed by atoms with Crippen LogP contribution in [-0.2, 0) is 0 Å². The Kier molecular flexibility index (Phi) is 3.37. The van der Waals surface area contributed by atoms with Crippen LogP contribution >= 0.6 is 0 Å². The van der Waals surface area contributed by atoms with Gasteiger partial charge in [-0.3, -0.25) is 4.79 Å². The Labute approximate surface area is 116 Å². The van der Waals surface area contributed by atoms with Crippen molar-refractivity contribution in [1.29, 1.82) is 0 Å². The summed E-state index contributed by atoms with van der Waals surface area (Å²) in [7, 11) is 1.57. The molecule has 0 unspecified atom stereocenters. The summed E-state index contributed by atoms with van der Waals surface area (Å²) in [5.74, 6) is 1.39. The normalized spacial score (nSPS) is 18.2. The average Bonchev–Trinajstić information content (AvgIpc) is 3.16. The summed E-state index contributed by atoms with van der Waals surface area (Å²) in [6.07, 6.45) is 2.17. The van der Waals surface area contributed by atoms with Gasteiger partial charge in [0.2, 0.25) is 6.39 Å². The van der Waals surface area contributed by atoms with Crippen molar-refractivity contribution in [2.75, 3.05) is 20.2 Å². The maximum absolute atomic E-state index is 12.5. The Morgan fingerprint density at radius 2 is 2.30 bits per heavy atom. The third-order valence-corrected chi connectivity index (χ3v) is 3.56. The van der Waals surface area contributed by atoms with Crippen LogP contribution in [0.5, 0.6) is 5.75 Å². The van der Waals surface area contributed by atoms with Gasteiger partial charge < -0.3 is 14.2 Å². The van der Waals surface area contributed by atoms with E-state index in [1.165, 1.54) is 6.39 Å². The van der Waals surface area contributed by atoms with Gasteiger partial charge in [-0.1, -0.05) is 17.3 Å². The number of amides is 1. The van der Waals surface area contributed by atoms with E-state index in [2.05, 4.69) is 10.1 Å². The summed E-state index contributed by atoms with van der Waals surface area (Å²) in [4.78, 5) is 18.4. The largest absolute Gasteiger partial charge is 0.496 e. The molecule has 1 atom stereocenters. The van der Waals surface area contributed by atoms with Crippen LogP contribution in [0.2, 0.25) is 0 Å². The van der Waals surface area contributed by atoms with Crippen molar-refractivity contribution in [2.24, 2.45) is 0 Å². The van der Waals surface area contributed by atoms with E-state index in [0.717, 1.165) is 6.42 Å². The van der Waals surface area contributed by atoms with Gasteiger partial charge in [0, 0.05) is 19.0 Å². The van der Waals surface area contributed by atoms with Crippen molar-refractivity contribution in [3.05, 3.63) is 42.0 Å². The van der Waals surface area contributed by atoms with Crippen molar-refractivity contribution >= 4 is 5.91 Å². The van der Waals surface area contributed by atoms with Gasteiger partial charge in [-0.25, -0.2) is 0 Å². The lowest BCUT2D eigenvalue weighted by atomic mass is 10.1. The molecule has 1 aliphatic heterocycles. The molecule has 3 rings (SSSR count). The summed E-state index contributed by atoms with van der Waals surface area (Å²) < 4.78 is 10.00. The highest BCUT2D eigenvalue weighted by Gasteiger charge is 2.31. The third-order valence-electron chi connectivity index (χ3n) is 3.56. The summed E-state index contributed by atoms with van der Waals surface area (Å²) in [5.41, 5.74) is 0.587. The number of carbonyl (C=O) groups excluding carboxylic acids is 1. The minimum absolute atomic E-state index is 0.0200. The Hall–Kier alpha value is -2.37. The first-order valence-corrected chi connectivity index (χ1v) is 6.48. The van der Waals surface area contributed by atoms with E-state index in [0.29, 0.717) is 30.2 Å². The second-order valence-electron chi connectivity index (χ2n) is 4.73. The number of ether oxygens (including phenoxy) is 1. The fourth-order valence-corrected chi connectivity index (χ4v) is 2.51. The van der Waals surface area contributed by atoms with Crippen molar-refractivity contribution in [3.8, 4) is 5.75 Å². The first-order valence-electron chi connectivity index (χ1n) is 6.48. The fraction of sp³-hybridized carbons (Fsp3) is 0.357. The Morgan fingerprint density at radius 1 is 1.45 bits per heavy atom. The SMILES string of the molecule is COc1ccccc1C(=O)N1CC[C@@H](c2ncon2)C1. The van der Waals surface area contributed by atoms with Crippen LogP contribution in [-0.4, -0.2) is 41.1 Å². The molecule has 0 spiro atoms. The highest BCUT2D eigenvalue weighted by molar-refractivity contribution is 5.97. The smallest absolute Gasteiger partial charge is 0.257 e. The van der Waals surface area contributed by atoms with Crippen molar-refractivity contribution in [3.63, 3.8) is 0 Å². The maximum atomic E-state index is 12.5. The van der Waals surface area contributed by atoms with Crippen LogP contribution in [0.1, 0.15) is 28.5 Å². The quantitative estimate of drug-likeness (QED) is 0.851. The van der Waals surface area contributed by atoms with Gasteiger partial charge in [0.15, 0.2) is 5.82 Å². The van der Waals surface area contributed by atoms with E-state index in [1.807, 2.05) is 12.1 Å². The van der Waals surface area contributed by atoms with Crippen LogP contribution in [0.3, 0.4) is 0 Å². The molecule has 104 valence electrons. The fourth-order valence-electron chi connectivity index (χ4n) is 2.51. The van der Waals surface area contributed by atoms with Crippen LogP contribution in [0.25, 0.3) is 0 Å². The number of benzene rings is 1. The highest BCUT2D eigenvalue weighted by atomic mass is 16.5. The lowest BCUT2D eigenvalue weighted by Gasteiger charge is -2.17. The molecule has 6 heteroatoms. The molecule has 0 bridgehead atoms.